The molecule has 3 nitrogen and oxygen atoms in total. The molecule has 1 heterocycles. The molecule has 0 radical (unpaired) electrons. The van der Waals surface area contributed by atoms with Gasteiger partial charge in [0.05, 0.1) is 10.6 Å². The van der Waals surface area contributed by atoms with E-state index in [-0.39, 0.29) is 17.3 Å². The highest BCUT2D eigenvalue weighted by molar-refractivity contribution is 7.17. The maximum Gasteiger partial charge on any atom is 0.197 e. The molecule has 0 bridgehead atoms. The largest absolute Gasteiger partial charge is 0.508 e. The summed E-state index contributed by atoms with van der Waals surface area (Å²) in [5.74, 6) is -0.401. The van der Waals surface area contributed by atoms with Gasteiger partial charge in [-0.05, 0) is 49.4 Å². The molecule has 0 atom stereocenters. The number of allylic oxidation sites excluding steroid dienone is 1. The number of carbonyl (C=O) groups is 1. The third-order valence-corrected chi connectivity index (χ3v) is 4.68. The average molecular weight is 339 g/mol. The first-order valence-corrected chi connectivity index (χ1v) is 8.10. The van der Waals surface area contributed by atoms with E-state index in [1.165, 1.54) is 29.6 Å². The van der Waals surface area contributed by atoms with Crippen LogP contribution in [0.25, 0.3) is 16.6 Å². The van der Waals surface area contributed by atoms with Crippen LogP contribution in [0.5, 0.6) is 5.75 Å². The second-order valence-electron chi connectivity index (χ2n) is 5.20. The minimum absolute atomic E-state index is 0.177. The molecule has 0 fully saturated rings. The minimum Gasteiger partial charge on any atom is -0.508 e. The molecule has 0 spiro atoms. The number of ketones is 1. The van der Waals surface area contributed by atoms with Gasteiger partial charge in [0, 0.05) is 11.1 Å². The van der Waals surface area contributed by atoms with Gasteiger partial charge < -0.3 is 5.11 Å². The highest BCUT2D eigenvalue weighted by atomic mass is 32.1. The van der Waals surface area contributed by atoms with Gasteiger partial charge in [-0.15, -0.1) is 11.3 Å². The zero-order chi connectivity index (χ0) is 17.1. The van der Waals surface area contributed by atoms with Crippen molar-refractivity contribution in [3.63, 3.8) is 0 Å². The van der Waals surface area contributed by atoms with Gasteiger partial charge >= 0.3 is 0 Å². The first kappa shape index (κ1) is 16.1. The van der Waals surface area contributed by atoms with Crippen molar-refractivity contribution < 1.29 is 14.3 Å². The van der Waals surface area contributed by atoms with Crippen molar-refractivity contribution in [1.82, 2.24) is 4.98 Å². The zero-order valence-corrected chi connectivity index (χ0v) is 13.7. The van der Waals surface area contributed by atoms with Crippen LogP contribution in [-0.2, 0) is 0 Å². The summed E-state index contributed by atoms with van der Waals surface area (Å²) in [5.41, 5.74) is 1.83. The van der Waals surface area contributed by atoms with Gasteiger partial charge in [0.25, 0.3) is 0 Å². The van der Waals surface area contributed by atoms with Crippen molar-refractivity contribution >= 4 is 23.2 Å². The number of thiazole rings is 1. The Labute approximate surface area is 142 Å². The molecule has 0 amide bonds. The number of benzene rings is 2. The normalized spacial score (nSPS) is 11.1. The van der Waals surface area contributed by atoms with Gasteiger partial charge in [-0.1, -0.05) is 18.2 Å². The number of hydrogen-bond acceptors (Lipinski definition) is 4. The van der Waals surface area contributed by atoms with Crippen LogP contribution in [-0.4, -0.2) is 15.9 Å². The van der Waals surface area contributed by atoms with E-state index in [9.17, 15) is 14.3 Å². The summed E-state index contributed by atoms with van der Waals surface area (Å²) in [6, 6.07) is 12.9. The molecule has 1 aromatic heterocycles. The molecule has 5 heteroatoms. The van der Waals surface area contributed by atoms with Gasteiger partial charge in [0.15, 0.2) is 5.78 Å². The molecule has 0 saturated heterocycles. The molecule has 3 rings (SSSR count). The molecule has 2 aromatic carbocycles. The number of halogens is 1. The fourth-order valence-electron chi connectivity index (χ4n) is 2.20. The lowest BCUT2D eigenvalue weighted by Crippen LogP contribution is -1.93. The maximum atomic E-state index is 13.6. The van der Waals surface area contributed by atoms with Crippen LogP contribution >= 0.6 is 11.3 Å². The summed E-state index contributed by atoms with van der Waals surface area (Å²) in [4.78, 5) is 17.3. The first-order chi connectivity index (χ1) is 11.5. The highest BCUT2D eigenvalue weighted by Crippen LogP contribution is 2.29. The van der Waals surface area contributed by atoms with E-state index in [4.69, 9.17) is 0 Å². The van der Waals surface area contributed by atoms with Crippen molar-refractivity contribution in [3.8, 4) is 16.3 Å². The monoisotopic (exact) mass is 339 g/mol. The van der Waals surface area contributed by atoms with Crippen LogP contribution in [0.15, 0.2) is 54.6 Å². The highest BCUT2D eigenvalue weighted by Gasteiger charge is 2.14. The molecule has 0 aliphatic rings. The minimum atomic E-state index is -0.368. The summed E-state index contributed by atoms with van der Waals surface area (Å²) in [7, 11) is 0. The van der Waals surface area contributed by atoms with Crippen LogP contribution in [0.4, 0.5) is 4.39 Å². The van der Waals surface area contributed by atoms with Crippen molar-refractivity contribution in [2.24, 2.45) is 0 Å². The Morgan fingerprint density at radius 1 is 1.17 bits per heavy atom. The Morgan fingerprint density at radius 3 is 2.58 bits per heavy atom. The lowest BCUT2D eigenvalue weighted by Gasteiger charge is -1.96. The molecule has 3 aromatic rings. The van der Waals surface area contributed by atoms with Gasteiger partial charge in [-0.3, -0.25) is 4.79 Å². The van der Waals surface area contributed by atoms with Gasteiger partial charge in [-0.2, -0.15) is 0 Å². The van der Waals surface area contributed by atoms with E-state index < -0.39 is 0 Å². The molecule has 120 valence electrons. The summed E-state index contributed by atoms with van der Waals surface area (Å²) >= 11 is 1.28. The quantitative estimate of drug-likeness (QED) is 0.545. The number of nitrogens with zero attached hydrogens (tertiary/aromatic N) is 1. The topological polar surface area (TPSA) is 50.2 Å². The number of aromatic nitrogens is 1. The summed E-state index contributed by atoms with van der Waals surface area (Å²) < 4.78 is 13.6. The number of hydrogen-bond donors (Lipinski definition) is 1. The van der Waals surface area contributed by atoms with Crippen LogP contribution in [0.2, 0.25) is 0 Å². The molecule has 0 saturated carbocycles. The van der Waals surface area contributed by atoms with Crippen LogP contribution in [0.1, 0.15) is 20.9 Å². The van der Waals surface area contributed by atoms with Crippen LogP contribution in [0, 0.1) is 12.7 Å². The smallest absolute Gasteiger partial charge is 0.197 e. The molecular formula is C19H14FNO2S. The third-order valence-electron chi connectivity index (χ3n) is 3.45. The fraction of sp³-hybridized carbons (Fsp3) is 0.0526. The molecular weight excluding hydrogens is 325 g/mol. The Kier molecular flexibility index (Phi) is 4.53. The Balaban J connectivity index is 1.86. The van der Waals surface area contributed by atoms with E-state index in [1.807, 2.05) is 0 Å². The van der Waals surface area contributed by atoms with Crippen molar-refractivity contribution in [2.75, 3.05) is 0 Å². The summed E-state index contributed by atoms with van der Waals surface area (Å²) in [5, 5.41) is 10.0. The van der Waals surface area contributed by atoms with E-state index >= 15 is 0 Å². The number of carbonyl (C=O) groups excluding carboxylic acids is 1. The van der Waals surface area contributed by atoms with Crippen LogP contribution in [0.3, 0.4) is 0 Å². The summed E-state index contributed by atoms with van der Waals surface area (Å²) in [6.07, 6.45) is 2.83. The number of rotatable bonds is 4. The standard InChI is InChI=1S/C19H14FNO2S/c1-12-18(17(23)11-8-13-4-2-3-5-16(13)20)24-19(21-12)14-6-9-15(22)10-7-14/h2-11,22H,1H3/b11-8+. The molecule has 1 N–H and O–H groups in total. The lowest BCUT2D eigenvalue weighted by molar-refractivity contribution is 0.105. The van der Waals surface area contributed by atoms with Crippen molar-refractivity contribution in [3.05, 3.63) is 76.6 Å². The number of aromatic hydroxyl groups is 1. The number of phenolic OH excluding ortho intramolecular Hbond substituents is 1. The first-order valence-electron chi connectivity index (χ1n) is 7.28. The Morgan fingerprint density at radius 2 is 1.88 bits per heavy atom. The van der Waals surface area contributed by atoms with E-state index in [0.29, 0.717) is 21.1 Å². The van der Waals surface area contributed by atoms with Crippen molar-refractivity contribution in [1.29, 1.82) is 0 Å². The maximum absolute atomic E-state index is 13.6. The molecule has 0 aliphatic heterocycles. The van der Waals surface area contributed by atoms with E-state index in [1.54, 1.807) is 49.4 Å². The number of phenols is 1. The Hall–Kier alpha value is -2.79. The molecule has 24 heavy (non-hydrogen) atoms. The fourth-order valence-corrected chi connectivity index (χ4v) is 3.20. The lowest BCUT2D eigenvalue weighted by atomic mass is 10.1. The SMILES string of the molecule is Cc1nc(-c2ccc(O)cc2)sc1C(=O)/C=C/c1ccccc1F. The van der Waals surface area contributed by atoms with Gasteiger partial charge in [0.1, 0.15) is 16.6 Å². The van der Waals surface area contributed by atoms with E-state index in [2.05, 4.69) is 4.98 Å². The average Bonchev–Trinajstić information content (AvgIpc) is 2.96. The molecule has 0 unspecified atom stereocenters. The second kappa shape index (κ2) is 6.76. The van der Waals surface area contributed by atoms with E-state index in [0.717, 1.165) is 5.56 Å². The van der Waals surface area contributed by atoms with Crippen molar-refractivity contribution in [2.45, 2.75) is 6.92 Å². The predicted molar refractivity (Wildman–Crippen MR) is 93.7 cm³/mol. The van der Waals surface area contributed by atoms with Crippen LogP contribution < -0.4 is 0 Å². The third kappa shape index (κ3) is 3.41. The zero-order valence-electron chi connectivity index (χ0n) is 12.9. The van der Waals surface area contributed by atoms with Gasteiger partial charge in [-0.25, -0.2) is 9.37 Å². The Bertz CT molecular complexity index is 913. The van der Waals surface area contributed by atoms with Gasteiger partial charge in [0.2, 0.25) is 0 Å². The summed E-state index contributed by atoms with van der Waals surface area (Å²) in [6.45, 7) is 1.77. The predicted octanol–water partition coefficient (Wildman–Crippen LogP) is 4.86. The number of aryl methyl sites for hydroxylation is 1. The second-order valence-corrected chi connectivity index (χ2v) is 6.20. The molecule has 0 aliphatic carbocycles.